The molecular formula is C13H17N5O2. The third kappa shape index (κ3) is 2.57. The van der Waals surface area contributed by atoms with Crippen LogP contribution in [0.3, 0.4) is 0 Å². The number of aromatic nitrogens is 3. The first-order valence-electron chi connectivity index (χ1n) is 6.75. The SMILES string of the molecule is O=C(O)CCn1nnc2cc(N3CCNCC3)ccc21. The summed E-state index contributed by atoms with van der Waals surface area (Å²) in [4.78, 5) is 12.9. The Hall–Kier alpha value is -2.15. The number of piperazine rings is 1. The number of aryl methyl sites for hydroxylation is 1. The zero-order chi connectivity index (χ0) is 13.9. The van der Waals surface area contributed by atoms with Gasteiger partial charge in [-0.05, 0) is 18.2 Å². The molecular weight excluding hydrogens is 258 g/mol. The minimum absolute atomic E-state index is 0.0536. The van der Waals surface area contributed by atoms with Crippen molar-refractivity contribution in [3.63, 3.8) is 0 Å². The molecule has 3 rings (SSSR count). The summed E-state index contributed by atoms with van der Waals surface area (Å²) in [5.41, 5.74) is 2.83. The van der Waals surface area contributed by atoms with Crippen molar-refractivity contribution in [1.29, 1.82) is 0 Å². The molecule has 1 aliphatic rings. The van der Waals surface area contributed by atoms with E-state index in [-0.39, 0.29) is 6.42 Å². The van der Waals surface area contributed by atoms with E-state index < -0.39 is 5.97 Å². The molecule has 0 unspecified atom stereocenters. The van der Waals surface area contributed by atoms with Crippen LogP contribution in [-0.4, -0.2) is 52.2 Å². The maximum Gasteiger partial charge on any atom is 0.305 e. The Kier molecular flexibility index (Phi) is 3.51. The summed E-state index contributed by atoms with van der Waals surface area (Å²) in [5.74, 6) is -0.828. The molecule has 20 heavy (non-hydrogen) atoms. The molecule has 0 saturated carbocycles. The molecule has 7 nitrogen and oxygen atoms in total. The van der Waals surface area contributed by atoms with Crippen molar-refractivity contribution in [1.82, 2.24) is 20.3 Å². The summed E-state index contributed by atoms with van der Waals surface area (Å²) >= 11 is 0. The predicted molar refractivity (Wildman–Crippen MR) is 74.9 cm³/mol. The third-order valence-corrected chi connectivity index (χ3v) is 3.52. The van der Waals surface area contributed by atoms with E-state index in [1.165, 1.54) is 0 Å². The van der Waals surface area contributed by atoms with Gasteiger partial charge in [-0.3, -0.25) is 4.79 Å². The molecule has 2 heterocycles. The second-order valence-corrected chi connectivity index (χ2v) is 4.87. The van der Waals surface area contributed by atoms with Gasteiger partial charge in [-0.15, -0.1) is 5.10 Å². The number of carbonyl (C=O) groups is 1. The summed E-state index contributed by atoms with van der Waals surface area (Å²) in [5, 5.41) is 20.2. The number of hydrogen-bond donors (Lipinski definition) is 2. The fourth-order valence-electron chi connectivity index (χ4n) is 2.45. The largest absolute Gasteiger partial charge is 0.481 e. The highest BCUT2D eigenvalue weighted by atomic mass is 16.4. The summed E-state index contributed by atoms with van der Waals surface area (Å²) in [6, 6.07) is 6.04. The molecule has 1 fully saturated rings. The van der Waals surface area contributed by atoms with Crippen molar-refractivity contribution in [2.75, 3.05) is 31.1 Å². The van der Waals surface area contributed by atoms with Crippen LogP contribution >= 0.6 is 0 Å². The van der Waals surface area contributed by atoms with E-state index in [1.807, 2.05) is 18.2 Å². The van der Waals surface area contributed by atoms with Gasteiger partial charge in [0.15, 0.2) is 0 Å². The number of carboxylic acid groups (broad SMARTS) is 1. The Bertz CT molecular complexity index is 618. The highest BCUT2D eigenvalue weighted by Gasteiger charge is 2.13. The molecule has 0 amide bonds. The van der Waals surface area contributed by atoms with Crippen LogP contribution in [0, 0.1) is 0 Å². The molecule has 0 bridgehead atoms. The van der Waals surface area contributed by atoms with Crippen molar-refractivity contribution in [3.05, 3.63) is 18.2 Å². The van der Waals surface area contributed by atoms with E-state index in [2.05, 4.69) is 20.5 Å². The van der Waals surface area contributed by atoms with E-state index in [9.17, 15) is 4.79 Å². The monoisotopic (exact) mass is 275 g/mol. The van der Waals surface area contributed by atoms with Gasteiger partial charge in [-0.2, -0.15) is 0 Å². The summed E-state index contributed by atoms with van der Waals surface area (Å²) < 4.78 is 1.64. The molecule has 0 radical (unpaired) electrons. The molecule has 106 valence electrons. The van der Waals surface area contributed by atoms with Crippen LogP contribution in [0.5, 0.6) is 0 Å². The lowest BCUT2D eigenvalue weighted by atomic mass is 10.2. The number of fused-ring (bicyclic) bond motifs is 1. The predicted octanol–water partition coefficient (Wildman–Crippen LogP) is 0.316. The molecule has 0 aliphatic carbocycles. The molecule has 1 aromatic heterocycles. The van der Waals surface area contributed by atoms with Crippen LogP contribution in [0.15, 0.2) is 18.2 Å². The lowest BCUT2D eigenvalue weighted by molar-refractivity contribution is -0.137. The Balaban J connectivity index is 1.83. The van der Waals surface area contributed by atoms with Gasteiger partial charge in [0.1, 0.15) is 5.52 Å². The lowest BCUT2D eigenvalue weighted by Gasteiger charge is -2.29. The Morgan fingerprint density at radius 1 is 1.35 bits per heavy atom. The van der Waals surface area contributed by atoms with Crippen LogP contribution < -0.4 is 10.2 Å². The molecule has 2 aromatic rings. The number of nitrogens with one attached hydrogen (secondary N) is 1. The summed E-state index contributed by atoms with van der Waals surface area (Å²) in [7, 11) is 0. The molecule has 0 spiro atoms. The van der Waals surface area contributed by atoms with Crippen LogP contribution in [0.4, 0.5) is 5.69 Å². The highest BCUT2D eigenvalue weighted by Crippen LogP contribution is 2.21. The lowest BCUT2D eigenvalue weighted by Crippen LogP contribution is -2.43. The van der Waals surface area contributed by atoms with E-state index in [0.717, 1.165) is 42.9 Å². The van der Waals surface area contributed by atoms with E-state index >= 15 is 0 Å². The third-order valence-electron chi connectivity index (χ3n) is 3.52. The number of carboxylic acids is 1. The van der Waals surface area contributed by atoms with Gasteiger partial charge in [-0.25, -0.2) is 4.68 Å². The second kappa shape index (κ2) is 5.46. The number of rotatable bonds is 4. The number of nitrogens with zero attached hydrogens (tertiary/aromatic N) is 4. The average Bonchev–Trinajstić information content (AvgIpc) is 2.88. The van der Waals surface area contributed by atoms with Crippen LogP contribution in [0.2, 0.25) is 0 Å². The smallest absolute Gasteiger partial charge is 0.305 e. The van der Waals surface area contributed by atoms with Crippen LogP contribution in [-0.2, 0) is 11.3 Å². The zero-order valence-electron chi connectivity index (χ0n) is 11.1. The van der Waals surface area contributed by atoms with Gasteiger partial charge in [-0.1, -0.05) is 5.21 Å². The summed E-state index contributed by atoms with van der Waals surface area (Å²) in [6.07, 6.45) is 0.0536. The van der Waals surface area contributed by atoms with E-state index in [1.54, 1.807) is 4.68 Å². The van der Waals surface area contributed by atoms with Crippen molar-refractivity contribution in [2.45, 2.75) is 13.0 Å². The molecule has 1 aromatic carbocycles. The standard InChI is InChI=1S/C13H17N5O2/c19-13(20)3-6-18-12-2-1-10(9-11(12)15-16-18)17-7-4-14-5-8-17/h1-2,9,14H,3-8H2,(H,19,20). The van der Waals surface area contributed by atoms with Gasteiger partial charge >= 0.3 is 5.97 Å². The van der Waals surface area contributed by atoms with Crippen molar-refractivity contribution < 1.29 is 9.90 Å². The van der Waals surface area contributed by atoms with Gasteiger partial charge < -0.3 is 15.3 Å². The molecule has 1 aliphatic heterocycles. The Morgan fingerprint density at radius 2 is 2.15 bits per heavy atom. The van der Waals surface area contributed by atoms with Gasteiger partial charge in [0, 0.05) is 31.9 Å². The normalized spacial score (nSPS) is 15.7. The molecule has 0 atom stereocenters. The van der Waals surface area contributed by atoms with E-state index in [0.29, 0.717) is 6.54 Å². The van der Waals surface area contributed by atoms with Gasteiger partial charge in [0.05, 0.1) is 18.5 Å². The van der Waals surface area contributed by atoms with Crippen molar-refractivity contribution in [2.24, 2.45) is 0 Å². The molecule has 1 saturated heterocycles. The van der Waals surface area contributed by atoms with Crippen LogP contribution in [0.1, 0.15) is 6.42 Å². The van der Waals surface area contributed by atoms with Crippen LogP contribution in [0.25, 0.3) is 11.0 Å². The first kappa shape index (κ1) is 12.9. The first-order valence-corrected chi connectivity index (χ1v) is 6.75. The minimum atomic E-state index is -0.828. The van der Waals surface area contributed by atoms with Gasteiger partial charge in [0.2, 0.25) is 0 Å². The van der Waals surface area contributed by atoms with Crippen molar-refractivity contribution >= 4 is 22.7 Å². The molecule has 7 heteroatoms. The second-order valence-electron chi connectivity index (χ2n) is 4.87. The maximum absolute atomic E-state index is 10.6. The average molecular weight is 275 g/mol. The van der Waals surface area contributed by atoms with Gasteiger partial charge in [0.25, 0.3) is 0 Å². The highest BCUT2D eigenvalue weighted by molar-refractivity contribution is 5.79. The number of anilines is 1. The Labute approximate surface area is 116 Å². The fraction of sp³-hybridized carbons (Fsp3) is 0.462. The fourth-order valence-corrected chi connectivity index (χ4v) is 2.45. The number of benzene rings is 1. The topological polar surface area (TPSA) is 83.3 Å². The summed E-state index contributed by atoms with van der Waals surface area (Å²) in [6.45, 7) is 4.29. The Morgan fingerprint density at radius 3 is 2.90 bits per heavy atom. The molecule has 2 N–H and O–H groups in total. The van der Waals surface area contributed by atoms with Crippen molar-refractivity contribution in [3.8, 4) is 0 Å². The quantitative estimate of drug-likeness (QED) is 0.836. The number of hydrogen-bond acceptors (Lipinski definition) is 5. The minimum Gasteiger partial charge on any atom is -0.481 e. The zero-order valence-corrected chi connectivity index (χ0v) is 11.1. The van der Waals surface area contributed by atoms with E-state index in [4.69, 9.17) is 5.11 Å². The maximum atomic E-state index is 10.6. The number of aliphatic carboxylic acids is 1. The first-order chi connectivity index (χ1) is 9.74.